The Balaban J connectivity index is 2.22. The number of carbonyl (C=O) groups excluding carboxylic acids is 1. The van der Waals surface area contributed by atoms with Crippen molar-refractivity contribution in [1.29, 1.82) is 5.26 Å². The molecule has 0 spiro atoms. The Bertz CT molecular complexity index is 611. The standard InChI is InChI=1S/C15H10BrNO/c16-14-7-5-11(6-8-14)15(18)9-12-3-1-2-4-13(12)10-17/h1-8H,9H2. The van der Waals surface area contributed by atoms with Crippen LogP contribution in [-0.4, -0.2) is 5.78 Å². The molecule has 0 aliphatic heterocycles. The lowest BCUT2D eigenvalue weighted by Crippen LogP contribution is -2.04. The molecule has 2 aromatic carbocycles. The van der Waals surface area contributed by atoms with Crippen molar-refractivity contribution in [1.82, 2.24) is 0 Å². The lowest BCUT2D eigenvalue weighted by molar-refractivity contribution is 0.0993. The number of nitriles is 1. The van der Waals surface area contributed by atoms with Crippen LogP contribution in [0.2, 0.25) is 0 Å². The van der Waals surface area contributed by atoms with Crippen molar-refractivity contribution in [3.8, 4) is 6.07 Å². The van der Waals surface area contributed by atoms with Crippen LogP contribution in [0, 0.1) is 11.3 Å². The van der Waals surface area contributed by atoms with Gasteiger partial charge in [0.2, 0.25) is 0 Å². The number of carbonyl (C=O) groups is 1. The monoisotopic (exact) mass is 299 g/mol. The summed E-state index contributed by atoms with van der Waals surface area (Å²) in [7, 11) is 0. The Kier molecular flexibility index (Phi) is 3.91. The SMILES string of the molecule is N#Cc1ccccc1CC(=O)c1ccc(Br)cc1. The Morgan fingerprint density at radius 2 is 1.78 bits per heavy atom. The molecule has 0 aromatic heterocycles. The van der Waals surface area contributed by atoms with Gasteiger partial charge >= 0.3 is 0 Å². The Morgan fingerprint density at radius 1 is 1.11 bits per heavy atom. The first-order valence-corrected chi connectivity index (χ1v) is 6.27. The molecule has 3 heteroatoms. The second-order valence-electron chi connectivity index (χ2n) is 3.88. The van der Waals surface area contributed by atoms with Gasteiger partial charge in [-0.05, 0) is 23.8 Å². The maximum atomic E-state index is 12.1. The third-order valence-corrected chi connectivity index (χ3v) is 3.18. The topological polar surface area (TPSA) is 40.9 Å². The molecule has 0 fully saturated rings. The van der Waals surface area contributed by atoms with Gasteiger partial charge in [-0.15, -0.1) is 0 Å². The molecule has 0 N–H and O–H groups in total. The predicted molar refractivity (Wildman–Crippen MR) is 73.3 cm³/mol. The van der Waals surface area contributed by atoms with Crippen LogP contribution in [-0.2, 0) is 6.42 Å². The van der Waals surface area contributed by atoms with E-state index in [9.17, 15) is 4.79 Å². The molecule has 0 amide bonds. The third-order valence-electron chi connectivity index (χ3n) is 2.66. The summed E-state index contributed by atoms with van der Waals surface area (Å²) in [6, 6.07) is 16.5. The molecule has 2 aromatic rings. The number of halogens is 1. The summed E-state index contributed by atoms with van der Waals surface area (Å²) < 4.78 is 0.941. The Morgan fingerprint density at radius 3 is 2.44 bits per heavy atom. The normalized spacial score (nSPS) is 9.78. The zero-order valence-corrected chi connectivity index (χ0v) is 11.1. The van der Waals surface area contributed by atoms with Crippen LogP contribution in [0.4, 0.5) is 0 Å². The molecule has 0 bridgehead atoms. The molecule has 88 valence electrons. The van der Waals surface area contributed by atoms with Crippen molar-refractivity contribution < 1.29 is 4.79 Å². The lowest BCUT2D eigenvalue weighted by Gasteiger charge is -2.03. The second-order valence-corrected chi connectivity index (χ2v) is 4.79. The van der Waals surface area contributed by atoms with Crippen molar-refractivity contribution in [2.24, 2.45) is 0 Å². The average Bonchev–Trinajstić information content (AvgIpc) is 2.40. The predicted octanol–water partition coefficient (Wildman–Crippen LogP) is 3.75. The molecule has 0 saturated carbocycles. The van der Waals surface area contributed by atoms with Crippen molar-refractivity contribution in [2.45, 2.75) is 6.42 Å². The van der Waals surface area contributed by atoms with E-state index >= 15 is 0 Å². The summed E-state index contributed by atoms with van der Waals surface area (Å²) in [5.41, 5.74) is 1.99. The van der Waals surface area contributed by atoms with Crippen LogP contribution in [0.15, 0.2) is 53.0 Å². The van der Waals surface area contributed by atoms with E-state index < -0.39 is 0 Å². The van der Waals surface area contributed by atoms with Crippen LogP contribution in [0.5, 0.6) is 0 Å². The summed E-state index contributed by atoms with van der Waals surface area (Å²) in [4.78, 5) is 12.1. The molecule has 0 aliphatic rings. The van der Waals surface area contributed by atoms with E-state index in [0.717, 1.165) is 10.0 Å². The summed E-state index contributed by atoms with van der Waals surface area (Å²) in [5.74, 6) is 0.0187. The fourth-order valence-electron chi connectivity index (χ4n) is 1.69. The van der Waals surface area contributed by atoms with Gasteiger partial charge in [-0.3, -0.25) is 4.79 Å². The van der Waals surface area contributed by atoms with Crippen LogP contribution in [0.1, 0.15) is 21.5 Å². The summed E-state index contributed by atoms with van der Waals surface area (Å²) in [6.45, 7) is 0. The van der Waals surface area contributed by atoms with Crippen LogP contribution >= 0.6 is 15.9 Å². The zero-order valence-electron chi connectivity index (χ0n) is 9.56. The minimum absolute atomic E-state index is 0.0187. The van der Waals surface area contributed by atoms with E-state index in [1.807, 2.05) is 24.3 Å². The molecule has 0 radical (unpaired) electrons. The first kappa shape index (κ1) is 12.5. The maximum Gasteiger partial charge on any atom is 0.167 e. The number of ketones is 1. The molecule has 0 saturated heterocycles. The van der Waals surface area contributed by atoms with E-state index in [-0.39, 0.29) is 12.2 Å². The number of hydrogen-bond acceptors (Lipinski definition) is 2. The third kappa shape index (κ3) is 2.85. The molecular weight excluding hydrogens is 290 g/mol. The van der Waals surface area contributed by atoms with E-state index in [0.29, 0.717) is 11.1 Å². The first-order chi connectivity index (χ1) is 8.70. The number of rotatable bonds is 3. The van der Waals surface area contributed by atoms with Gasteiger partial charge in [0.25, 0.3) is 0 Å². The summed E-state index contributed by atoms with van der Waals surface area (Å²) in [6.07, 6.45) is 0.255. The Hall–Kier alpha value is -1.92. The molecule has 18 heavy (non-hydrogen) atoms. The van der Waals surface area contributed by atoms with Crippen molar-refractivity contribution in [3.63, 3.8) is 0 Å². The molecule has 2 rings (SSSR count). The minimum atomic E-state index is 0.0187. The summed E-state index contributed by atoms with van der Waals surface area (Å²) in [5, 5.41) is 8.97. The van der Waals surface area contributed by atoms with Crippen molar-refractivity contribution in [2.75, 3.05) is 0 Å². The average molecular weight is 300 g/mol. The van der Waals surface area contributed by atoms with E-state index in [1.165, 1.54) is 0 Å². The van der Waals surface area contributed by atoms with E-state index in [1.54, 1.807) is 24.3 Å². The second kappa shape index (κ2) is 5.61. The van der Waals surface area contributed by atoms with Crippen LogP contribution < -0.4 is 0 Å². The van der Waals surface area contributed by atoms with E-state index in [4.69, 9.17) is 5.26 Å². The molecule has 0 unspecified atom stereocenters. The van der Waals surface area contributed by atoms with Crippen LogP contribution in [0.25, 0.3) is 0 Å². The van der Waals surface area contributed by atoms with Gasteiger partial charge in [0, 0.05) is 16.5 Å². The maximum absolute atomic E-state index is 12.1. The highest BCUT2D eigenvalue weighted by Crippen LogP contribution is 2.14. The smallest absolute Gasteiger partial charge is 0.167 e. The quantitative estimate of drug-likeness (QED) is 0.810. The summed E-state index contributed by atoms with van der Waals surface area (Å²) >= 11 is 3.33. The molecule has 0 atom stereocenters. The van der Waals surface area contributed by atoms with Gasteiger partial charge < -0.3 is 0 Å². The number of nitrogens with zero attached hydrogens (tertiary/aromatic N) is 1. The Labute approximate surface area is 114 Å². The highest BCUT2D eigenvalue weighted by Gasteiger charge is 2.09. The first-order valence-electron chi connectivity index (χ1n) is 5.47. The highest BCUT2D eigenvalue weighted by atomic mass is 79.9. The van der Waals surface area contributed by atoms with Crippen molar-refractivity contribution >= 4 is 21.7 Å². The zero-order chi connectivity index (χ0) is 13.0. The molecule has 0 heterocycles. The molecular formula is C15H10BrNO. The minimum Gasteiger partial charge on any atom is -0.294 e. The fraction of sp³-hybridized carbons (Fsp3) is 0.0667. The van der Waals surface area contributed by atoms with Gasteiger partial charge in [-0.2, -0.15) is 5.26 Å². The molecule has 2 nitrogen and oxygen atoms in total. The van der Waals surface area contributed by atoms with Gasteiger partial charge in [0.05, 0.1) is 11.6 Å². The van der Waals surface area contributed by atoms with Gasteiger partial charge in [0.1, 0.15) is 0 Å². The molecule has 0 aliphatic carbocycles. The number of hydrogen-bond donors (Lipinski definition) is 0. The highest BCUT2D eigenvalue weighted by molar-refractivity contribution is 9.10. The number of Topliss-reactive ketones (excluding diaryl/α,β-unsaturated/α-hetero) is 1. The van der Waals surface area contributed by atoms with Crippen LogP contribution in [0.3, 0.4) is 0 Å². The van der Waals surface area contributed by atoms with E-state index in [2.05, 4.69) is 22.0 Å². The van der Waals surface area contributed by atoms with Gasteiger partial charge in [-0.1, -0.05) is 46.3 Å². The van der Waals surface area contributed by atoms with Gasteiger partial charge in [-0.25, -0.2) is 0 Å². The van der Waals surface area contributed by atoms with Crippen molar-refractivity contribution in [3.05, 3.63) is 69.7 Å². The largest absolute Gasteiger partial charge is 0.294 e. The fourth-order valence-corrected chi connectivity index (χ4v) is 1.96. The van der Waals surface area contributed by atoms with Gasteiger partial charge in [0.15, 0.2) is 5.78 Å². The number of benzene rings is 2. The lowest BCUT2D eigenvalue weighted by atomic mass is 9.99.